The second-order valence-electron chi connectivity index (χ2n) is 3.98. The number of rotatable bonds is 3. The molecule has 1 heterocycles. The zero-order chi connectivity index (χ0) is 14.9. The molecule has 0 spiro atoms. The summed E-state index contributed by atoms with van der Waals surface area (Å²) in [6.07, 6.45) is -2.82. The van der Waals surface area contributed by atoms with Gasteiger partial charge in [0.15, 0.2) is 0 Å². The van der Waals surface area contributed by atoms with Gasteiger partial charge in [0.05, 0.1) is 12.8 Å². The molecule has 0 radical (unpaired) electrons. The predicted molar refractivity (Wildman–Crippen MR) is 63.6 cm³/mol. The van der Waals surface area contributed by atoms with Crippen LogP contribution in [-0.4, -0.2) is 17.1 Å². The van der Waals surface area contributed by atoms with Crippen LogP contribution in [0.2, 0.25) is 0 Å². The molecule has 0 N–H and O–H groups in total. The monoisotopic (exact) mass is 286 g/mol. The Morgan fingerprint density at radius 2 is 1.85 bits per heavy atom. The lowest BCUT2D eigenvalue weighted by Gasteiger charge is -2.11. The molecule has 0 aliphatic rings. The maximum Gasteiger partial charge on any atom is 0.282 e. The van der Waals surface area contributed by atoms with E-state index < -0.39 is 23.8 Å². The van der Waals surface area contributed by atoms with Crippen LogP contribution in [-0.2, 0) is 0 Å². The van der Waals surface area contributed by atoms with Gasteiger partial charge in [-0.3, -0.25) is 0 Å². The fourth-order valence-electron chi connectivity index (χ4n) is 1.72. The highest BCUT2D eigenvalue weighted by molar-refractivity contribution is 5.65. The molecule has 20 heavy (non-hydrogen) atoms. The van der Waals surface area contributed by atoms with Crippen LogP contribution < -0.4 is 4.74 Å². The third-order valence-electron chi connectivity index (χ3n) is 2.66. The van der Waals surface area contributed by atoms with Crippen molar-refractivity contribution in [2.45, 2.75) is 13.3 Å². The van der Waals surface area contributed by atoms with Crippen LogP contribution in [0.1, 0.15) is 17.8 Å². The molecule has 1 aromatic carbocycles. The average Bonchev–Trinajstić information content (AvgIpc) is 2.38. The quantitative estimate of drug-likeness (QED) is 0.807. The van der Waals surface area contributed by atoms with E-state index in [1.807, 2.05) is 0 Å². The molecule has 0 aliphatic heterocycles. The van der Waals surface area contributed by atoms with Crippen molar-refractivity contribution in [3.63, 3.8) is 0 Å². The molecule has 0 unspecified atom stereocenters. The van der Waals surface area contributed by atoms with Crippen LogP contribution >= 0.6 is 0 Å². The Morgan fingerprint density at radius 1 is 1.15 bits per heavy atom. The van der Waals surface area contributed by atoms with Crippen molar-refractivity contribution in [1.82, 2.24) is 9.97 Å². The van der Waals surface area contributed by atoms with Gasteiger partial charge >= 0.3 is 0 Å². The van der Waals surface area contributed by atoms with Crippen molar-refractivity contribution in [2.24, 2.45) is 0 Å². The Kier molecular flexibility index (Phi) is 3.87. The van der Waals surface area contributed by atoms with E-state index in [4.69, 9.17) is 4.74 Å². The van der Waals surface area contributed by atoms with Gasteiger partial charge < -0.3 is 4.74 Å². The van der Waals surface area contributed by atoms with E-state index in [2.05, 4.69) is 9.97 Å². The number of aryl methyl sites for hydroxylation is 1. The summed E-state index contributed by atoms with van der Waals surface area (Å²) in [6.45, 7) is 1.33. The van der Waals surface area contributed by atoms with Gasteiger partial charge in [-0.15, -0.1) is 0 Å². The van der Waals surface area contributed by atoms with E-state index in [1.54, 1.807) is 0 Å². The molecule has 0 bridgehead atoms. The van der Waals surface area contributed by atoms with Gasteiger partial charge in [-0.2, -0.15) is 0 Å². The number of hydrogen-bond acceptors (Lipinski definition) is 3. The molecule has 7 heteroatoms. The molecule has 3 nitrogen and oxygen atoms in total. The highest BCUT2D eigenvalue weighted by Gasteiger charge is 2.21. The fraction of sp³-hybridized carbons (Fsp3) is 0.231. The fourth-order valence-corrected chi connectivity index (χ4v) is 1.72. The minimum atomic E-state index is -2.82. The lowest BCUT2D eigenvalue weighted by Crippen LogP contribution is -2.04. The Balaban J connectivity index is 2.64. The molecule has 1 aromatic heterocycles. The maximum absolute atomic E-state index is 13.7. The minimum absolute atomic E-state index is 0.0421. The standard InChI is InChI=1S/C13H10F4N2O/c1-6-10(12(16)17)19-13(20-2)11(18-6)8-4-3-7(14)5-9(8)15/h3-5,12H,1-2H3. The minimum Gasteiger partial charge on any atom is -0.479 e. The predicted octanol–water partition coefficient (Wildman–Crippen LogP) is 3.68. The van der Waals surface area contributed by atoms with E-state index in [0.717, 1.165) is 12.1 Å². The number of nitrogens with zero attached hydrogens (tertiary/aromatic N) is 2. The molecule has 0 saturated carbocycles. The van der Waals surface area contributed by atoms with Crippen molar-refractivity contribution in [3.8, 4) is 17.1 Å². The molecule has 0 atom stereocenters. The van der Waals surface area contributed by atoms with Crippen LogP contribution in [0.5, 0.6) is 5.88 Å². The third kappa shape index (κ3) is 2.56. The molecule has 0 amide bonds. The lowest BCUT2D eigenvalue weighted by molar-refractivity contribution is 0.143. The van der Waals surface area contributed by atoms with Gasteiger partial charge in [0.25, 0.3) is 6.43 Å². The largest absolute Gasteiger partial charge is 0.479 e. The van der Waals surface area contributed by atoms with E-state index in [0.29, 0.717) is 6.07 Å². The molecule has 0 aliphatic carbocycles. The zero-order valence-corrected chi connectivity index (χ0v) is 10.6. The number of halogens is 4. The Bertz CT molecular complexity index is 647. The molecule has 2 aromatic rings. The third-order valence-corrected chi connectivity index (χ3v) is 2.66. The van der Waals surface area contributed by atoms with Gasteiger partial charge in [-0.25, -0.2) is 27.5 Å². The first kappa shape index (κ1) is 14.2. The van der Waals surface area contributed by atoms with Crippen molar-refractivity contribution < 1.29 is 22.3 Å². The van der Waals surface area contributed by atoms with Crippen LogP contribution in [0.15, 0.2) is 18.2 Å². The average molecular weight is 286 g/mol. The van der Waals surface area contributed by atoms with Crippen molar-refractivity contribution in [3.05, 3.63) is 41.2 Å². The van der Waals surface area contributed by atoms with Crippen molar-refractivity contribution >= 4 is 0 Å². The van der Waals surface area contributed by atoms with Crippen molar-refractivity contribution in [2.75, 3.05) is 7.11 Å². The summed E-state index contributed by atoms with van der Waals surface area (Å²) >= 11 is 0. The smallest absolute Gasteiger partial charge is 0.282 e. The van der Waals surface area contributed by atoms with Crippen molar-refractivity contribution in [1.29, 1.82) is 0 Å². The second kappa shape index (κ2) is 5.44. The summed E-state index contributed by atoms with van der Waals surface area (Å²) in [6, 6.07) is 2.86. The summed E-state index contributed by atoms with van der Waals surface area (Å²) in [5.41, 5.74) is -0.695. The highest BCUT2D eigenvalue weighted by Crippen LogP contribution is 2.32. The molecule has 0 saturated heterocycles. The number of alkyl halides is 2. The van der Waals surface area contributed by atoms with Crippen LogP contribution in [0.3, 0.4) is 0 Å². The van der Waals surface area contributed by atoms with E-state index in [-0.39, 0.29) is 22.8 Å². The Labute approximate surface area is 112 Å². The first-order chi connectivity index (χ1) is 9.43. The molecule has 2 rings (SSSR count). The Morgan fingerprint density at radius 3 is 2.40 bits per heavy atom. The summed E-state index contributed by atoms with van der Waals surface area (Å²) in [4.78, 5) is 7.53. The van der Waals surface area contributed by atoms with Crippen LogP contribution in [0, 0.1) is 18.6 Å². The van der Waals surface area contributed by atoms with E-state index >= 15 is 0 Å². The number of methoxy groups -OCH3 is 1. The van der Waals surface area contributed by atoms with Gasteiger partial charge in [-0.1, -0.05) is 0 Å². The second-order valence-corrected chi connectivity index (χ2v) is 3.98. The number of aromatic nitrogens is 2. The Hall–Kier alpha value is -2.18. The highest BCUT2D eigenvalue weighted by atomic mass is 19.3. The van der Waals surface area contributed by atoms with Gasteiger partial charge in [0, 0.05) is 11.6 Å². The first-order valence-electron chi connectivity index (χ1n) is 5.60. The number of ether oxygens (including phenoxy) is 1. The number of benzene rings is 1. The summed E-state index contributed by atoms with van der Waals surface area (Å²) in [5.74, 6) is -1.86. The summed E-state index contributed by atoms with van der Waals surface area (Å²) < 4.78 is 56.9. The van der Waals surface area contributed by atoms with E-state index in [9.17, 15) is 17.6 Å². The normalized spacial score (nSPS) is 10.9. The van der Waals surface area contributed by atoms with Gasteiger partial charge in [-0.05, 0) is 19.1 Å². The molecular weight excluding hydrogens is 276 g/mol. The number of hydrogen-bond donors (Lipinski definition) is 0. The molecule has 106 valence electrons. The molecule has 0 fully saturated rings. The van der Waals surface area contributed by atoms with Gasteiger partial charge in [0.2, 0.25) is 5.88 Å². The lowest BCUT2D eigenvalue weighted by atomic mass is 10.1. The zero-order valence-electron chi connectivity index (χ0n) is 10.6. The van der Waals surface area contributed by atoms with Gasteiger partial charge in [0.1, 0.15) is 23.0 Å². The maximum atomic E-state index is 13.7. The summed E-state index contributed by atoms with van der Waals surface area (Å²) in [5, 5.41) is 0. The summed E-state index contributed by atoms with van der Waals surface area (Å²) in [7, 11) is 1.21. The topological polar surface area (TPSA) is 35.0 Å². The van der Waals surface area contributed by atoms with Crippen LogP contribution in [0.4, 0.5) is 17.6 Å². The first-order valence-corrected chi connectivity index (χ1v) is 5.60. The SMILES string of the molecule is COc1nc(C(F)F)c(C)nc1-c1ccc(F)cc1F. The van der Waals surface area contributed by atoms with Crippen LogP contribution in [0.25, 0.3) is 11.3 Å². The van der Waals surface area contributed by atoms with E-state index in [1.165, 1.54) is 14.0 Å². The molecular formula is C13H10F4N2O.